The van der Waals surface area contributed by atoms with Gasteiger partial charge >= 0.3 is 0 Å². The summed E-state index contributed by atoms with van der Waals surface area (Å²) in [5, 5.41) is 2.54. The second-order valence-corrected chi connectivity index (χ2v) is 5.55. The zero-order chi connectivity index (χ0) is 18.9. The van der Waals surface area contributed by atoms with Crippen molar-refractivity contribution in [2.75, 3.05) is 12.3 Å². The van der Waals surface area contributed by atoms with Crippen molar-refractivity contribution in [2.45, 2.75) is 26.3 Å². The number of rotatable bonds is 8. The lowest BCUT2D eigenvalue weighted by molar-refractivity contribution is 0.0951. The van der Waals surface area contributed by atoms with Crippen molar-refractivity contribution >= 4 is 11.7 Å². The van der Waals surface area contributed by atoms with Crippen LogP contribution in [-0.2, 0) is 6.54 Å². The molecular weight excluding hydrogens is 340 g/mol. The minimum atomic E-state index is -0.775. The third-order valence-electron chi connectivity index (χ3n) is 3.58. The number of carbonyl (C=O) groups is 1. The van der Waals surface area contributed by atoms with Crippen LogP contribution in [0.4, 0.5) is 14.6 Å². The molecule has 7 heteroatoms. The summed E-state index contributed by atoms with van der Waals surface area (Å²) >= 11 is 0. The van der Waals surface area contributed by atoms with Crippen molar-refractivity contribution in [1.29, 1.82) is 0 Å². The Morgan fingerprint density at radius 3 is 2.81 bits per heavy atom. The van der Waals surface area contributed by atoms with Crippen LogP contribution in [0.5, 0.6) is 5.75 Å². The molecule has 0 saturated carbocycles. The first-order chi connectivity index (χ1) is 12.5. The van der Waals surface area contributed by atoms with E-state index in [-0.39, 0.29) is 35.8 Å². The molecule has 2 rings (SSSR count). The minimum absolute atomic E-state index is 0.0280. The molecule has 0 unspecified atom stereocenters. The highest BCUT2D eigenvalue weighted by Crippen LogP contribution is 2.20. The Kier molecular flexibility index (Phi) is 7.08. The van der Waals surface area contributed by atoms with E-state index in [9.17, 15) is 13.6 Å². The molecule has 0 spiro atoms. The van der Waals surface area contributed by atoms with Gasteiger partial charge in [0.2, 0.25) is 5.95 Å². The Hall–Kier alpha value is -2.96. The molecule has 0 aliphatic rings. The number of hydrogen-bond donors (Lipinski definition) is 2. The van der Waals surface area contributed by atoms with Crippen LogP contribution < -0.4 is 15.8 Å². The molecule has 0 radical (unpaired) electrons. The molecule has 3 N–H and O–H groups in total. The van der Waals surface area contributed by atoms with Crippen LogP contribution >= 0.6 is 0 Å². The van der Waals surface area contributed by atoms with E-state index in [1.807, 2.05) is 12.2 Å². The monoisotopic (exact) mass is 361 g/mol. The van der Waals surface area contributed by atoms with Crippen LogP contribution in [0.15, 0.2) is 42.5 Å². The minimum Gasteiger partial charge on any atom is -0.486 e. The van der Waals surface area contributed by atoms with Gasteiger partial charge in [0.15, 0.2) is 11.6 Å². The van der Waals surface area contributed by atoms with Crippen molar-refractivity contribution in [2.24, 2.45) is 0 Å². The molecule has 0 atom stereocenters. The summed E-state index contributed by atoms with van der Waals surface area (Å²) in [6.45, 7) is 2.27. The number of nitrogen functional groups attached to an aromatic ring is 1. The molecular formula is C19H21F2N3O2. The van der Waals surface area contributed by atoms with E-state index in [0.717, 1.165) is 18.9 Å². The summed E-state index contributed by atoms with van der Waals surface area (Å²) in [7, 11) is 0. The van der Waals surface area contributed by atoms with Crippen molar-refractivity contribution in [3.8, 4) is 5.75 Å². The van der Waals surface area contributed by atoms with Gasteiger partial charge in [-0.2, -0.15) is 4.39 Å². The summed E-state index contributed by atoms with van der Waals surface area (Å²) in [4.78, 5) is 15.5. The van der Waals surface area contributed by atoms with Gasteiger partial charge < -0.3 is 15.8 Å². The van der Waals surface area contributed by atoms with Crippen molar-refractivity contribution in [1.82, 2.24) is 10.3 Å². The quantitative estimate of drug-likeness (QED) is 0.556. The van der Waals surface area contributed by atoms with Gasteiger partial charge in [-0.15, -0.1) is 0 Å². The second kappa shape index (κ2) is 9.50. The van der Waals surface area contributed by atoms with Crippen molar-refractivity contribution in [3.63, 3.8) is 0 Å². The number of ether oxygens (including phenoxy) is 1. The van der Waals surface area contributed by atoms with E-state index in [1.165, 1.54) is 12.1 Å². The molecule has 0 saturated heterocycles. The number of benzene rings is 1. The normalized spacial score (nSPS) is 10.9. The molecule has 2 aromatic rings. The lowest BCUT2D eigenvalue weighted by Gasteiger charge is -2.10. The van der Waals surface area contributed by atoms with Gasteiger partial charge in [-0.05, 0) is 24.6 Å². The summed E-state index contributed by atoms with van der Waals surface area (Å²) in [6.07, 6.45) is 5.79. The first-order valence-corrected chi connectivity index (χ1v) is 8.28. The number of hydrogen-bond acceptors (Lipinski definition) is 4. The zero-order valence-electron chi connectivity index (χ0n) is 14.5. The van der Waals surface area contributed by atoms with Crippen LogP contribution in [0.3, 0.4) is 0 Å². The lowest BCUT2D eigenvalue weighted by Crippen LogP contribution is -2.24. The van der Waals surface area contributed by atoms with Crippen LogP contribution in [0, 0.1) is 11.8 Å². The van der Waals surface area contributed by atoms with Gasteiger partial charge in [0.05, 0.1) is 5.56 Å². The van der Waals surface area contributed by atoms with E-state index in [1.54, 1.807) is 12.1 Å². The number of amides is 1. The maximum absolute atomic E-state index is 14.4. The molecule has 1 heterocycles. The molecule has 1 amide bonds. The summed E-state index contributed by atoms with van der Waals surface area (Å²) in [5.74, 6) is -1.99. The highest BCUT2D eigenvalue weighted by atomic mass is 19.1. The number of aromatic nitrogens is 1. The maximum Gasteiger partial charge on any atom is 0.255 e. The van der Waals surface area contributed by atoms with Gasteiger partial charge in [0.1, 0.15) is 12.4 Å². The number of allylic oxidation sites excluding steroid dienone is 1. The van der Waals surface area contributed by atoms with Gasteiger partial charge in [-0.25, -0.2) is 9.37 Å². The number of anilines is 1. The Bertz CT molecular complexity index is 794. The lowest BCUT2D eigenvalue weighted by atomic mass is 10.2. The second-order valence-electron chi connectivity index (χ2n) is 5.55. The molecule has 1 aromatic heterocycles. The molecule has 0 fully saturated rings. The number of nitrogens with one attached hydrogen (secondary N) is 1. The molecule has 1 aromatic carbocycles. The molecule has 5 nitrogen and oxygen atoms in total. The molecule has 0 aliphatic heterocycles. The predicted molar refractivity (Wildman–Crippen MR) is 95.7 cm³/mol. The number of pyridine rings is 1. The van der Waals surface area contributed by atoms with E-state index >= 15 is 0 Å². The Labute approximate surface area is 150 Å². The summed E-state index contributed by atoms with van der Waals surface area (Å²) in [6, 6.07) is 6.97. The Morgan fingerprint density at radius 2 is 2.08 bits per heavy atom. The summed E-state index contributed by atoms with van der Waals surface area (Å²) < 4.78 is 32.8. The Balaban J connectivity index is 1.99. The van der Waals surface area contributed by atoms with Crippen LogP contribution in [-0.4, -0.2) is 17.5 Å². The van der Waals surface area contributed by atoms with Gasteiger partial charge in [0, 0.05) is 12.1 Å². The van der Waals surface area contributed by atoms with Gasteiger partial charge in [0.25, 0.3) is 5.91 Å². The van der Waals surface area contributed by atoms with Crippen molar-refractivity contribution in [3.05, 3.63) is 65.4 Å². The highest BCUT2D eigenvalue weighted by Gasteiger charge is 2.14. The van der Waals surface area contributed by atoms with E-state index in [2.05, 4.69) is 17.2 Å². The smallest absolute Gasteiger partial charge is 0.255 e. The van der Waals surface area contributed by atoms with Gasteiger partial charge in [-0.1, -0.05) is 37.6 Å². The zero-order valence-corrected chi connectivity index (χ0v) is 14.5. The van der Waals surface area contributed by atoms with E-state index < -0.39 is 17.7 Å². The summed E-state index contributed by atoms with van der Waals surface area (Å²) in [5.41, 5.74) is 5.82. The fourth-order valence-electron chi connectivity index (χ4n) is 2.21. The highest BCUT2D eigenvalue weighted by molar-refractivity contribution is 5.98. The predicted octanol–water partition coefficient (Wildman–Crippen LogP) is 3.61. The molecule has 0 aliphatic carbocycles. The standard InChI is InChI=1S/C19H21F2N3O2/c1-2-3-4-5-11-26-15-8-6-7-13(17(15)21)12-23-19(25)14-9-10-16(20)24-18(14)22/h4-10H,2-3,11-12H2,1H3,(H2,22,24)(H,23,25). The van der Waals surface area contributed by atoms with Crippen LogP contribution in [0.1, 0.15) is 35.7 Å². The van der Waals surface area contributed by atoms with Gasteiger partial charge in [-0.3, -0.25) is 4.79 Å². The van der Waals surface area contributed by atoms with E-state index in [0.29, 0.717) is 0 Å². The Morgan fingerprint density at radius 1 is 1.27 bits per heavy atom. The van der Waals surface area contributed by atoms with Crippen LogP contribution in [0.25, 0.3) is 0 Å². The fourth-order valence-corrected chi connectivity index (χ4v) is 2.21. The number of nitrogens with zero attached hydrogens (tertiary/aromatic N) is 1. The van der Waals surface area contributed by atoms with E-state index in [4.69, 9.17) is 10.5 Å². The SMILES string of the molecule is CCCC=CCOc1cccc(CNC(=O)c2ccc(F)nc2N)c1F. The number of unbranched alkanes of at least 4 members (excludes halogenated alkanes) is 1. The first-order valence-electron chi connectivity index (χ1n) is 8.28. The van der Waals surface area contributed by atoms with Crippen molar-refractivity contribution < 1.29 is 18.3 Å². The average Bonchev–Trinajstić information content (AvgIpc) is 2.61. The number of halogens is 2. The maximum atomic E-state index is 14.4. The largest absolute Gasteiger partial charge is 0.486 e. The molecule has 26 heavy (non-hydrogen) atoms. The third kappa shape index (κ3) is 5.27. The fraction of sp³-hybridized carbons (Fsp3) is 0.263. The molecule has 0 bridgehead atoms. The number of carbonyl (C=O) groups excluding carboxylic acids is 1. The third-order valence-corrected chi connectivity index (χ3v) is 3.58. The first kappa shape index (κ1) is 19.4. The average molecular weight is 361 g/mol. The topological polar surface area (TPSA) is 77.2 Å². The number of nitrogens with two attached hydrogens (primary N) is 1. The van der Waals surface area contributed by atoms with Crippen LogP contribution in [0.2, 0.25) is 0 Å². The molecule has 138 valence electrons.